The van der Waals surface area contributed by atoms with Crippen LogP contribution in [-0.2, 0) is 11.3 Å². The molecular formula is C13H20FN3O. The van der Waals surface area contributed by atoms with Gasteiger partial charge in [0.25, 0.3) is 0 Å². The molecule has 1 amide bonds. The standard InChI is InChI=1S/C13H20FN3O/c1-3-6-17(9-13(18)16-2)8-10-4-5-12(15)11(14)7-10/h4-5,7H,3,6,8-9,15H2,1-2H3,(H,16,18). The maximum Gasteiger partial charge on any atom is 0.233 e. The minimum Gasteiger partial charge on any atom is -0.396 e. The van der Waals surface area contributed by atoms with Crippen LogP contribution in [0.4, 0.5) is 10.1 Å². The molecule has 0 aliphatic heterocycles. The van der Waals surface area contributed by atoms with Crippen LogP contribution in [0.25, 0.3) is 0 Å². The van der Waals surface area contributed by atoms with Gasteiger partial charge >= 0.3 is 0 Å². The van der Waals surface area contributed by atoms with Crippen LogP contribution in [-0.4, -0.2) is 30.9 Å². The summed E-state index contributed by atoms with van der Waals surface area (Å²) in [6.07, 6.45) is 0.939. The highest BCUT2D eigenvalue weighted by Gasteiger charge is 2.10. The monoisotopic (exact) mass is 253 g/mol. The molecular weight excluding hydrogens is 233 g/mol. The van der Waals surface area contributed by atoms with E-state index in [4.69, 9.17) is 5.73 Å². The predicted molar refractivity (Wildman–Crippen MR) is 70.4 cm³/mol. The maximum absolute atomic E-state index is 13.3. The van der Waals surface area contributed by atoms with Crippen molar-refractivity contribution in [3.8, 4) is 0 Å². The third-order valence-electron chi connectivity index (χ3n) is 2.66. The molecule has 0 saturated heterocycles. The van der Waals surface area contributed by atoms with Crippen molar-refractivity contribution in [3.05, 3.63) is 29.6 Å². The summed E-state index contributed by atoms with van der Waals surface area (Å²) in [5, 5.41) is 2.59. The lowest BCUT2D eigenvalue weighted by molar-refractivity contribution is -0.121. The molecule has 0 fully saturated rings. The molecule has 0 aliphatic rings. The highest BCUT2D eigenvalue weighted by Crippen LogP contribution is 2.13. The summed E-state index contributed by atoms with van der Waals surface area (Å²) in [7, 11) is 1.61. The third-order valence-corrected chi connectivity index (χ3v) is 2.66. The van der Waals surface area contributed by atoms with Crippen LogP contribution in [0, 0.1) is 5.82 Å². The Hall–Kier alpha value is -1.62. The maximum atomic E-state index is 13.3. The molecule has 0 atom stereocenters. The van der Waals surface area contributed by atoms with Crippen LogP contribution in [0.1, 0.15) is 18.9 Å². The first-order valence-corrected chi connectivity index (χ1v) is 6.03. The van der Waals surface area contributed by atoms with Gasteiger partial charge < -0.3 is 11.1 Å². The molecule has 5 heteroatoms. The SMILES string of the molecule is CCCN(CC(=O)NC)Cc1ccc(N)c(F)c1. The molecule has 4 nitrogen and oxygen atoms in total. The van der Waals surface area contributed by atoms with Gasteiger partial charge in [-0.1, -0.05) is 13.0 Å². The van der Waals surface area contributed by atoms with Crippen molar-refractivity contribution in [2.75, 3.05) is 25.9 Å². The van der Waals surface area contributed by atoms with Crippen molar-refractivity contribution in [2.45, 2.75) is 19.9 Å². The van der Waals surface area contributed by atoms with Crippen molar-refractivity contribution in [3.63, 3.8) is 0 Å². The number of nitrogens with two attached hydrogens (primary N) is 1. The minimum absolute atomic E-state index is 0.0423. The lowest BCUT2D eigenvalue weighted by Crippen LogP contribution is -2.35. The number of hydrogen-bond donors (Lipinski definition) is 2. The van der Waals surface area contributed by atoms with E-state index in [2.05, 4.69) is 5.32 Å². The second-order valence-electron chi connectivity index (χ2n) is 4.24. The molecule has 100 valence electrons. The number of rotatable bonds is 6. The topological polar surface area (TPSA) is 58.4 Å². The smallest absolute Gasteiger partial charge is 0.233 e. The number of nitrogen functional groups attached to an aromatic ring is 1. The van der Waals surface area contributed by atoms with Crippen molar-refractivity contribution in [1.82, 2.24) is 10.2 Å². The van der Waals surface area contributed by atoms with E-state index in [0.29, 0.717) is 13.1 Å². The molecule has 1 aromatic rings. The largest absolute Gasteiger partial charge is 0.396 e. The van der Waals surface area contributed by atoms with E-state index >= 15 is 0 Å². The van der Waals surface area contributed by atoms with Gasteiger partial charge in [0.2, 0.25) is 5.91 Å². The van der Waals surface area contributed by atoms with Crippen molar-refractivity contribution >= 4 is 11.6 Å². The van der Waals surface area contributed by atoms with Crippen molar-refractivity contribution in [1.29, 1.82) is 0 Å². The average molecular weight is 253 g/mol. The van der Waals surface area contributed by atoms with Crippen LogP contribution in [0.2, 0.25) is 0 Å². The van der Waals surface area contributed by atoms with E-state index in [1.807, 2.05) is 11.8 Å². The number of amides is 1. The van der Waals surface area contributed by atoms with Gasteiger partial charge in [-0.25, -0.2) is 4.39 Å². The zero-order valence-corrected chi connectivity index (χ0v) is 10.9. The van der Waals surface area contributed by atoms with E-state index in [-0.39, 0.29) is 11.6 Å². The van der Waals surface area contributed by atoms with Gasteiger partial charge in [-0.15, -0.1) is 0 Å². The fraction of sp³-hybridized carbons (Fsp3) is 0.462. The van der Waals surface area contributed by atoms with E-state index in [9.17, 15) is 9.18 Å². The molecule has 0 radical (unpaired) electrons. The van der Waals surface area contributed by atoms with Gasteiger partial charge in [-0.2, -0.15) is 0 Å². The molecule has 0 aliphatic carbocycles. The number of likely N-dealkylation sites (N-methyl/N-ethyl adjacent to an activating group) is 1. The molecule has 1 rings (SSSR count). The Labute approximate surface area is 107 Å². The first-order valence-electron chi connectivity index (χ1n) is 6.03. The molecule has 3 N–H and O–H groups in total. The number of hydrogen-bond acceptors (Lipinski definition) is 3. The van der Waals surface area contributed by atoms with Crippen LogP contribution >= 0.6 is 0 Å². The summed E-state index contributed by atoms with van der Waals surface area (Å²) >= 11 is 0. The summed E-state index contributed by atoms with van der Waals surface area (Å²) in [4.78, 5) is 13.3. The number of benzene rings is 1. The van der Waals surface area contributed by atoms with Gasteiger partial charge in [0.05, 0.1) is 12.2 Å². The van der Waals surface area contributed by atoms with E-state index in [1.165, 1.54) is 6.07 Å². The Morgan fingerprint density at radius 1 is 1.50 bits per heavy atom. The third kappa shape index (κ3) is 4.33. The van der Waals surface area contributed by atoms with Crippen molar-refractivity contribution < 1.29 is 9.18 Å². The Morgan fingerprint density at radius 3 is 2.78 bits per heavy atom. The van der Waals surface area contributed by atoms with Crippen LogP contribution in [0.15, 0.2) is 18.2 Å². The molecule has 0 bridgehead atoms. The van der Waals surface area contributed by atoms with E-state index in [0.717, 1.165) is 18.5 Å². The average Bonchev–Trinajstić information content (AvgIpc) is 2.34. The summed E-state index contributed by atoms with van der Waals surface area (Å²) in [6.45, 7) is 3.69. The number of carbonyl (C=O) groups is 1. The number of halogens is 1. The van der Waals surface area contributed by atoms with Gasteiger partial charge in [-0.05, 0) is 30.7 Å². The minimum atomic E-state index is -0.413. The van der Waals surface area contributed by atoms with Crippen LogP contribution < -0.4 is 11.1 Å². The molecule has 0 unspecified atom stereocenters. The Bertz CT molecular complexity index is 409. The first kappa shape index (κ1) is 14.4. The Balaban J connectivity index is 2.69. The number of nitrogens with zero attached hydrogens (tertiary/aromatic N) is 1. The van der Waals surface area contributed by atoms with Crippen LogP contribution in [0.5, 0.6) is 0 Å². The second-order valence-corrected chi connectivity index (χ2v) is 4.24. The molecule has 0 spiro atoms. The quantitative estimate of drug-likeness (QED) is 0.753. The van der Waals surface area contributed by atoms with Crippen molar-refractivity contribution in [2.24, 2.45) is 0 Å². The molecule has 1 aromatic carbocycles. The molecule has 0 saturated carbocycles. The fourth-order valence-electron chi connectivity index (χ4n) is 1.74. The lowest BCUT2D eigenvalue weighted by atomic mass is 10.2. The van der Waals surface area contributed by atoms with E-state index in [1.54, 1.807) is 19.2 Å². The number of carbonyl (C=O) groups excluding carboxylic acids is 1. The highest BCUT2D eigenvalue weighted by atomic mass is 19.1. The fourth-order valence-corrected chi connectivity index (χ4v) is 1.74. The summed E-state index contributed by atoms with van der Waals surface area (Å²) in [5.41, 5.74) is 6.39. The number of nitrogens with one attached hydrogen (secondary N) is 1. The summed E-state index contributed by atoms with van der Waals surface area (Å²) in [5.74, 6) is -0.455. The normalized spacial score (nSPS) is 10.7. The lowest BCUT2D eigenvalue weighted by Gasteiger charge is -2.20. The van der Waals surface area contributed by atoms with Gasteiger partial charge in [0.1, 0.15) is 5.82 Å². The van der Waals surface area contributed by atoms with Crippen LogP contribution in [0.3, 0.4) is 0 Å². The summed E-state index contributed by atoms with van der Waals surface area (Å²) < 4.78 is 13.3. The summed E-state index contributed by atoms with van der Waals surface area (Å²) in [6, 6.07) is 4.75. The Kier molecular flexibility index (Phi) is 5.58. The first-order chi connectivity index (χ1) is 8.56. The Morgan fingerprint density at radius 2 is 2.22 bits per heavy atom. The molecule has 18 heavy (non-hydrogen) atoms. The zero-order valence-electron chi connectivity index (χ0n) is 10.9. The molecule has 0 heterocycles. The second kappa shape index (κ2) is 6.96. The van der Waals surface area contributed by atoms with Gasteiger partial charge in [0, 0.05) is 13.6 Å². The van der Waals surface area contributed by atoms with Gasteiger partial charge in [0.15, 0.2) is 0 Å². The zero-order chi connectivity index (χ0) is 13.5. The van der Waals surface area contributed by atoms with E-state index < -0.39 is 5.82 Å². The number of anilines is 1. The predicted octanol–water partition coefficient (Wildman–Crippen LogP) is 1.37. The molecule has 0 aromatic heterocycles. The highest BCUT2D eigenvalue weighted by molar-refractivity contribution is 5.77. The van der Waals surface area contributed by atoms with Gasteiger partial charge in [-0.3, -0.25) is 9.69 Å².